The minimum Gasteiger partial charge on any atom is -0.391 e. The molecule has 0 aliphatic carbocycles. The van der Waals surface area contributed by atoms with Gasteiger partial charge in [-0.05, 0) is 60.7 Å². The zero-order valence-electron chi connectivity index (χ0n) is 17.0. The molecule has 162 valence electrons. The van der Waals surface area contributed by atoms with Crippen molar-refractivity contribution in [3.8, 4) is 5.69 Å². The van der Waals surface area contributed by atoms with Gasteiger partial charge in [0.2, 0.25) is 0 Å². The molecule has 3 aromatic rings. The first-order valence-corrected chi connectivity index (χ1v) is 10.1. The molecule has 1 fully saturated rings. The molecule has 1 aliphatic rings. The van der Waals surface area contributed by atoms with E-state index in [1.807, 2.05) is 36.5 Å². The van der Waals surface area contributed by atoms with Crippen molar-refractivity contribution in [1.29, 1.82) is 0 Å². The standard InChI is InChI=1S/C23H23F2N3O3/c1-14-16(11-15-3-5-17(6-4-15)28-9-2-8-26-28)12-18(22(25)21(14)24)23(30)27-19-13-31-10-7-20(19)29/h2-6,8-9,12,19-20,29H,7,10-11,13H2,1H3,(H,27,30)/t19-,20-/m0/s1. The number of aliphatic hydroxyl groups is 1. The Morgan fingerprint density at radius 1 is 1.29 bits per heavy atom. The van der Waals surface area contributed by atoms with Crippen LogP contribution in [-0.4, -0.2) is 46.2 Å². The van der Waals surface area contributed by atoms with Crippen molar-refractivity contribution in [3.05, 3.63) is 82.7 Å². The second-order valence-corrected chi connectivity index (χ2v) is 7.64. The SMILES string of the molecule is Cc1c(Cc2ccc(-n3cccn3)cc2)cc(C(=O)N[C@H]2COCC[C@@H]2O)c(F)c1F. The van der Waals surface area contributed by atoms with Gasteiger partial charge in [0.15, 0.2) is 11.6 Å². The predicted molar refractivity (Wildman–Crippen MR) is 110 cm³/mol. The molecule has 1 saturated heterocycles. The summed E-state index contributed by atoms with van der Waals surface area (Å²) in [6.07, 6.45) is 3.42. The van der Waals surface area contributed by atoms with Crippen LogP contribution in [-0.2, 0) is 11.2 Å². The van der Waals surface area contributed by atoms with Crippen molar-refractivity contribution in [2.45, 2.75) is 31.9 Å². The highest BCUT2D eigenvalue weighted by Crippen LogP contribution is 2.24. The van der Waals surface area contributed by atoms with Gasteiger partial charge < -0.3 is 15.2 Å². The Hall–Kier alpha value is -3.10. The molecule has 1 aromatic heterocycles. The Labute approximate surface area is 178 Å². The lowest BCUT2D eigenvalue weighted by Gasteiger charge is -2.28. The van der Waals surface area contributed by atoms with Crippen molar-refractivity contribution in [2.75, 3.05) is 13.2 Å². The Kier molecular flexibility index (Phi) is 6.11. The van der Waals surface area contributed by atoms with Crippen LogP contribution in [0, 0.1) is 18.6 Å². The number of ether oxygens (including phenoxy) is 1. The van der Waals surface area contributed by atoms with E-state index < -0.39 is 29.7 Å². The van der Waals surface area contributed by atoms with Gasteiger partial charge in [0, 0.05) is 19.0 Å². The van der Waals surface area contributed by atoms with Crippen molar-refractivity contribution < 1.29 is 23.4 Å². The third-order valence-electron chi connectivity index (χ3n) is 5.54. The fraction of sp³-hybridized carbons (Fsp3) is 0.304. The molecule has 2 N–H and O–H groups in total. The zero-order chi connectivity index (χ0) is 22.0. The van der Waals surface area contributed by atoms with Crippen LogP contribution in [0.5, 0.6) is 0 Å². The molecule has 31 heavy (non-hydrogen) atoms. The number of halogens is 2. The van der Waals surface area contributed by atoms with Crippen molar-refractivity contribution in [3.63, 3.8) is 0 Å². The quantitative estimate of drug-likeness (QED) is 0.657. The fourth-order valence-electron chi connectivity index (χ4n) is 3.64. The number of aliphatic hydroxyl groups excluding tert-OH is 1. The monoisotopic (exact) mass is 427 g/mol. The second-order valence-electron chi connectivity index (χ2n) is 7.64. The normalized spacial score (nSPS) is 18.7. The topological polar surface area (TPSA) is 76.4 Å². The fourth-order valence-corrected chi connectivity index (χ4v) is 3.64. The molecular weight excluding hydrogens is 404 g/mol. The lowest BCUT2D eigenvalue weighted by Crippen LogP contribution is -2.49. The summed E-state index contributed by atoms with van der Waals surface area (Å²) in [6.45, 7) is 2.01. The van der Waals surface area contributed by atoms with Gasteiger partial charge in [-0.2, -0.15) is 5.10 Å². The minimum atomic E-state index is -1.20. The Bertz CT molecular complexity index is 1070. The molecule has 6 nitrogen and oxygen atoms in total. The lowest BCUT2D eigenvalue weighted by molar-refractivity contribution is -0.0140. The van der Waals surface area contributed by atoms with Gasteiger partial charge >= 0.3 is 0 Å². The van der Waals surface area contributed by atoms with Gasteiger partial charge in [-0.1, -0.05) is 12.1 Å². The van der Waals surface area contributed by atoms with E-state index in [0.717, 1.165) is 11.3 Å². The van der Waals surface area contributed by atoms with Crippen molar-refractivity contribution >= 4 is 5.91 Å². The summed E-state index contributed by atoms with van der Waals surface area (Å²) >= 11 is 0. The third kappa shape index (κ3) is 4.50. The Morgan fingerprint density at radius 2 is 2.06 bits per heavy atom. The molecule has 8 heteroatoms. The smallest absolute Gasteiger partial charge is 0.254 e. The van der Waals surface area contributed by atoms with E-state index in [-0.39, 0.29) is 17.7 Å². The van der Waals surface area contributed by atoms with E-state index in [0.29, 0.717) is 25.0 Å². The molecule has 2 heterocycles. The number of aromatic nitrogens is 2. The number of nitrogens with one attached hydrogen (secondary N) is 1. The molecule has 1 amide bonds. The summed E-state index contributed by atoms with van der Waals surface area (Å²) in [4.78, 5) is 12.6. The number of benzene rings is 2. The van der Waals surface area contributed by atoms with Crippen molar-refractivity contribution in [1.82, 2.24) is 15.1 Å². The molecule has 2 atom stereocenters. The molecule has 0 saturated carbocycles. The largest absolute Gasteiger partial charge is 0.391 e. The van der Waals surface area contributed by atoms with Crippen molar-refractivity contribution in [2.24, 2.45) is 0 Å². The van der Waals surface area contributed by atoms with Gasteiger partial charge in [-0.25, -0.2) is 13.5 Å². The van der Waals surface area contributed by atoms with Crippen LogP contribution < -0.4 is 5.32 Å². The number of hydrogen-bond donors (Lipinski definition) is 2. The molecule has 0 bridgehead atoms. The van der Waals surface area contributed by atoms with E-state index in [1.165, 1.54) is 13.0 Å². The molecule has 1 aliphatic heterocycles. The molecular formula is C23H23F2N3O3. The summed E-state index contributed by atoms with van der Waals surface area (Å²) in [5.74, 6) is -3.02. The maximum Gasteiger partial charge on any atom is 0.254 e. The van der Waals surface area contributed by atoms with Gasteiger partial charge in [0.1, 0.15) is 0 Å². The van der Waals surface area contributed by atoms with Crippen LogP contribution in [0.2, 0.25) is 0 Å². The molecule has 0 unspecified atom stereocenters. The maximum absolute atomic E-state index is 14.6. The second kappa shape index (κ2) is 8.95. The maximum atomic E-state index is 14.6. The van der Waals surface area contributed by atoms with E-state index in [9.17, 15) is 18.7 Å². The van der Waals surface area contributed by atoms with E-state index >= 15 is 0 Å². The first-order valence-electron chi connectivity index (χ1n) is 10.1. The van der Waals surface area contributed by atoms with Crippen LogP contribution in [0.1, 0.15) is 33.5 Å². The summed E-state index contributed by atoms with van der Waals surface area (Å²) in [6, 6.07) is 10.1. The van der Waals surface area contributed by atoms with Gasteiger partial charge in [-0.3, -0.25) is 4.79 Å². The Balaban J connectivity index is 1.56. The van der Waals surface area contributed by atoms with E-state index in [4.69, 9.17) is 4.74 Å². The number of amides is 1. The molecule has 4 rings (SSSR count). The lowest BCUT2D eigenvalue weighted by atomic mass is 9.96. The first kappa shape index (κ1) is 21.1. The van der Waals surface area contributed by atoms with Crippen LogP contribution >= 0.6 is 0 Å². The number of hydrogen-bond acceptors (Lipinski definition) is 4. The van der Waals surface area contributed by atoms with Gasteiger partial charge in [0.05, 0.1) is 30.0 Å². The van der Waals surface area contributed by atoms with Crippen LogP contribution in [0.15, 0.2) is 48.8 Å². The molecule has 0 radical (unpaired) electrons. The Morgan fingerprint density at radius 3 is 2.74 bits per heavy atom. The van der Waals surface area contributed by atoms with Crippen LogP contribution in [0.25, 0.3) is 5.69 Å². The zero-order valence-corrected chi connectivity index (χ0v) is 17.0. The number of nitrogens with zero attached hydrogens (tertiary/aromatic N) is 2. The van der Waals surface area contributed by atoms with E-state index in [2.05, 4.69) is 10.4 Å². The number of rotatable bonds is 5. The minimum absolute atomic E-state index is 0.123. The summed E-state index contributed by atoms with van der Waals surface area (Å²) in [7, 11) is 0. The van der Waals surface area contributed by atoms with Gasteiger partial charge in [-0.15, -0.1) is 0 Å². The highest BCUT2D eigenvalue weighted by molar-refractivity contribution is 5.95. The molecule has 0 spiro atoms. The first-order chi connectivity index (χ1) is 14.9. The average molecular weight is 427 g/mol. The highest BCUT2D eigenvalue weighted by atomic mass is 19.2. The number of carbonyl (C=O) groups is 1. The summed E-state index contributed by atoms with van der Waals surface area (Å²) in [5, 5.41) is 16.7. The summed E-state index contributed by atoms with van der Waals surface area (Å²) < 4.78 is 36.1. The third-order valence-corrected chi connectivity index (χ3v) is 5.54. The average Bonchev–Trinajstić information content (AvgIpc) is 3.31. The van der Waals surface area contributed by atoms with Gasteiger partial charge in [0.25, 0.3) is 5.91 Å². The summed E-state index contributed by atoms with van der Waals surface area (Å²) in [5.41, 5.74) is 2.04. The predicted octanol–water partition coefficient (Wildman–Crippen LogP) is 2.93. The van der Waals surface area contributed by atoms with Crippen LogP contribution in [0.3, 0.4) is 0 Å². The molecule has 2 aromatic carbocycles. The van der Waals surface area contributed by atoms with E-state index in [1.54, 1.807) is 10.9 Å². The number of carbonyl (C=O) groups excluding carboxylic acids is 1. The highest BCUT2D eigenvalue weighted by Gasteiger charge is 2.28. The van der Waals surface area contributed by atoms with Crippen LogP contribution in [0.4, 0.5) is 8.78 Å².